The van der Waals surface area contributed by atoms with Crippen molar-refractivity contribution in [2.45, 2.75) is 125 Å². The van der Waals surface area contributed by atoms with Crippen LogP contribution < -0.4 is 0 Å². The van der Waals surface area contributed by atoms with E-state index in [1.165, 1.54) is 5.57 Å². The van der Waals surface area contributed by atoms with Crippen molar-refractivity contribution in [3.05, 3.63) is 11.6 Å². The first-order valence-electron chi connectivity index (χ1n) is 16.9. The lowest BCUT2D eigenvalue weighted by molar-refractivity contribution is -0.202. The van der Waals surface area contributed by atoms with E-state index in [4.69, 9.17) is 0 Å². The Hall–Kier alpha value is -1.69. The molecule has 0 bridgehead atoms. The fraction of sp³-hybridized carbons (Fsp3) is 0.861. The van der Waals surface area contributed by atoms with Gasteiger partial charge in [0.25, 0.3) is 0 Å². The standard InChI is InChI=1S/C36H55NO5/c1-31(2)26-8-13-36(7)28(34(26,5)12-9-27(31)39)25(38)20-23-24-21-33(4,15-14-32(24,3)16-17-35(23,36)6)30(42)37-18-10-22(11-19-37)29(40)41/h20,22,24,26-28,39H,8-19,21H2,1-7H3,(H,40,41)/t24-,26-,27-,28+,32+,33-,34-,35+,36+/m0/s1. The largest absolute Gasteiger partial charge is 0.481 e. The van der Waals surface area contributed by atoms with Gasteiger partial charge in [0.1, 0.15) is 0 Å². The first-order chi connectivity index (χ1) is 19.4. The van der Waals surface area contributed by atoms with E-state index in [0.29, 0.717) is 37.6 Å². The third kappa shape index (κ3) is 3.94. The molecule has 4 saturated carbocycles. The number of piperidine rings is 1. The van der Waals surface area contributed by atoms with E-state index in [9.17, 15) is 24.6 Å². The lowest BCUT2D eigenvalue weighted by atomic mass is 9.33. The number of carboxylic acids is 1. The second-order valence-corrected chi connectivity index (χ2v) is 17.5. The highest BCUT2D eigenvalue weighted by Gasteiger charge is 2.70. The lowest BCUT2D eigenvalue weighted by Gasteiger charge is -2.70. The molecule has 1 heterocycles. The number of aliphatic hydroxyl groups excluding tert-OH is 1. The SMILES string of the molecule is CC1(C)[C@@H](O)CC[C@]2(C)[C@H]3C(=O)C=C4[C@@H]5C[C@@](C)(C(=O)N6CCC(C(=O)O)CC6)CC[C@]5(C)CC[C@@]4(C)[C@]3(C)CC[C@@H]12. The maximum absolute atomic E-state index is 14.5. The van der Waals surface area contributed by atoms with Crippen LogP contribution in [-0.2, 0) is 14.4 Å². The number of aliphatic hydroxyl groups is 1. The van der Waals surface area contributed by atoms with Crippen LogP contribution in [0, 0.1) is 56.2 Å². The van der Waals surface area contributed by atoms with Gasteiger partial charge in [-0.15, -0.1) is 0 Å². The fourth-order valence-electron chi connectivity index (χ4n) is 12.1. The zero-order chi connectivity index (χ0) is 30.7. The summed E-state index contributed by atoms with van der Waals surface area (Å²) < 4.78 is 0. The number of aliphatic carboxylic acids is 1. The van der Waals surface area contributed by atoms with Crippen LogP contribution >= 0.6 is 0 Å². The molecule has 1 amide bonds. The summed E-state index contributed by atoms with van der Waals surface area (Å²) in [6, 6.07) is 0. The summed E-state index contributed by atoms with van der Waals surface area (Å²) in [5.74, 6) is -0.138. The van der Waals surface area contributed by atoms with Crippen molar-refractivity contribution in [3.63, 3.8) is 0 Å². The molecule has 5 aliphatic carbocycles. The van der Waals surface area contributed by atoms with E-state index < -0.39 is 11.4 Å². The molecule has 5 fully saturated rings. The number of hydrogen-bond donors (Lipinski definition) is 2. The summed E-state index contributed by atoms with van der Waals surface area (Å²) in [4.78, 5) is 42.0. The highest BCUT2D eigenvalue weighted by Crippen LogP contribution is 2.75. The van der Waals surface area contributed by atoms with Gasteiger partial charge < -0.3 is 15.1 Å². The minimum Gasteiger partial charge on any atom is -0.481 e. The van der Waals surface area contributed by atoms with Crippen LogP contribution in [0.1, 0.15) is 119 Å². The highest BCUT2D eigenvalue weighted by atomic mass is 16.4. The van der Waals surface area contributed by atoms with E-state index in [1.807, 2.05) is 4.90 Å². The maximum Gasteiger partial charge on any atom is 0.306 e. The van der Waals surface area contributed by atoms with Gasteiger partial charge in [0.15, 0.2) is 5.78 Å². The second-order valence-electron chi connectivity index (χ2n) is 17.5. The van der Waals surface area contributed by atoms with Crippen molar-refractivity contribution in [1.29, 1.82) is 0 Å². The van der Waals surface area contributed by atoms with Crippen LogP contribution in [0.25, 0.3) is 0 Å². The molecule has 0 aromatic heterocycles. The molecule has 0 aromatic rings. The summed E-state index contributed by atoms with van der Waals surface area (Å²) in [5.41, 5.74) is 0.351. The monoisotopic (exact) mass is 581 g/mol. The van der Waals surface area contributed by atoms with E-state index in [1.54, 1.807) is 0 Å². The summed E-state index contributed by atoms with van der Waals surface area (Å²) >= 11 is 0. The summed E-state index contributed by atoms with van der Waals surface area (Å²) in [6.07, 6.45) is 11.4. The Morgan fingerprint density at radius 3 is 2.14 bits per heavy atom. The number of carbonyl (C=O) groups is 3. The van der Waals surface area contributed by atoms with Crippen molar-refractivity contribution in [2.24, 2.45) is 56.2 Å². The zero-order valence-electron chi connectivity index (χ0n) is 27.2. The van der Waals surface area contributed by atoms with Gasteiger partial charge in [0.2, 0.25) is 5.91 Å². The van der Waals surface area contributed by atoms with Gasteiger partial charge in [-0.2, -0.15) is 0 Å². The molecule has 1 saturated heterocycles. The van der Waals surface area contributed by atoms with E-state index in [2.05, 4.69) is 54.5 Å². The molecular weight excluding hydrogens is 526 g/mol. The van der Waals surface area contributed by atoms with E-state index in [-0.39, 0.29) is 56.8 Å². The number of likely N-dealkylation sites (tertiary alicyclic amines) is 1. The van der Waals surface area contributed by atoms with Gasteiger partial charge in [0.05, 0.1) is 12.0 Å². The molecule has 2 N–H and O–H groups in total. The number of fused-ring (bicyclic) bond motifs is 7. The van der Waals surface area contributed by atoms with Crippen molar-refractivity contribution < 1.29 is 24.6 Å². The first-order valence-corrected chi connectivity index (χ1v) is 16.9. The number of hydrogen-bond acceptors (Lipinski definition) is 4. The average Bonchev–Trinajstić information content (AvgIpc) is 2.92. The minimum atomic E-state index is -0.750. The fourth-order valence-corrected chi connectivity index (χ4v) is 12.1. The van der Waals surface area contributed by atoms with Crippen LogP contribution in [0.5, 0.6) is 0 Å². The summed E-state index contributed by atoms with van der Waals surface area (Å²) in [7, 11) is 0. The van der Waals surface area contributed by atoms with Crippen molar-refractivity contribution >= 4 is 17.7 Å². The van der Waals surface area contributed by atoms with Gasteiger partial charge in [-0.3, -0.25) is 14.4 Å². The molecule has 9 atom stereocenters. The molecule has 1 aliphatic heterocycles. The summed E-state index contributed by atoms with van der Waals surface area (Å²) in [5, 5.41) is 20.4. The Morgan fingerprint density at radius 2 is 1.50 bits per heavy atom. The molecule has 0 unspecified atom stereocenters. The number of amides is 1. The quantitative estimate of drug-likeness (QED) is 0.381. The summed E-state index contributed by atoms with van der Waals surface area (Å²) in [6.45, 7) is 17.3. The maximum atomic E-state index is 14.5. The molecule has 234 valence electrons. The predicted molar refractivity (Wildman–Crippen MR) is 162 cm³/mol. The molecule has 6 heteroatoms. The highest BCUT2D eigenvalue weighted by molar-refractivity contribution is 5.95. The van der Waals surface area contributed by atoms with Crippen LogP contribution in [0.3, 0.4) is 0 Å². The predicted octanol–water partition coefficient (Wildman–Crippen LogP) is 6.65. The molecule has 6 nitrogen and oxygen atoms in total. The Kier molecular flexibility index (Phi) is 6.80. The zero-order valence-corrected chi connectivity index (χ0v) is 27.2. The Balaban J connectivity index is 1.34. The second kappa shape index (κ2) is 9.41. The molecule has 0 aromatic carbocycles. The smallest absolute Gasteiger partial charge is 0.306 e. The topological polar surface area (TPSA) is 94.9 Å². The van der Waals surface area contributed by atoms with Gasteiger partial charge in [-0.25, -0.2) is 0 Å². The van der Waals surface area contributed by atoms with Gasteiger partial charge in [0, 0.05) is 24.4 Å². The third-order valence-electron chi connectivity index (χ3n) is 15.2. The number of nitrogens with zero attached hydrogens (tertiary/aromatic N) is 1. The lowest BCUT2D eigenvalue weighted by Crippen LogP contribution is -2.66. The molecule has 0 spiro atoms. The number of carboxylic acid groups (broad SMARTS) is 1. The average molecular weight is 582 g/mol. The molecule has 6 aliphatic rings. The molecular formula is C36H55NO5. The van der Waals surface area contributed by atoms with Crippen molar-refractivity contribution in [3.8, 4) is 0 Å². The van der Waals surface area contributed by atoms with E-state index in [0.717, 1.165) is 57.8 Å². The molecule has 6 rings (SSSR count). The van der Waals surface area contributed by atoms with Crippen LogP contribution in [0.2, 0.25) is 0 Å². The molecule has 42 heavy (non-hydrogen) atoms. The third-order valence-corrected chi connectivity index (χ3v) is 15.2. The van der Waals surface area contributed by atoms with Gasteiger partial charge in [-0.1, -0.05) is 54.0 Å². The van der Waals surface area contributed by atoms with Gasteiger partial charge in [-0.05, 0) is 116 Å². The number of allylic oxidation sites excluding steroid dienone is 2. The molecule has 0 radical (unpaired) electrons. The Labute approximate surface area is 253 Å². The first kappa shape index (κ1) is 30.3. The Bertz CT molecular complexity index is 1220. The van der Waals surface area contributed by atoms with Crippen LogP contribution in [0.4, 0.5) is 0 Å². The van der Waals surface area contributed by atoms with Crippen molar-refractivity contribution in [1.82, 2.24) is 4.90 Å². The van der Waals surface area contributed by atoms with Crippen LogP contribution in [0.15, 0.2) is 11.6 Å². The normalized spacial score (nSPS) is 48.7. The van der Waals surface area contributed by atoms with Gasteiger partial charge >= 0.3 is 5.97 Å². The number of rotatable bonds is 2. The van der Waals surface area contributed by atoms with Crippen LogP contribution in [-0.4, -0.2) is 52.0 Å². The number of ketones is 1. The Morgan fingerprint density at radius 1 is 0.857 bits per heavy atom. The van der Waals surface area contributed by atoms with E-state index >= 15 is 0 Å². The number of carbonyl (C=O) groups excluding carboxylic acids is 2. The van der Waals surface area contributed by atoms with Crippen molar-refractivity contribution in [2.75, 3.05) is 13.1 Å². The minimum absolute atomic E-state index is 0.0410.